The zero-order valence-corrected chi connectivity index (χ0v) is 13.7. The van der Waals surface area contributed by atoms with Crippen molar-refractivity contribution in [3.8, 4) is 0 Å². The quantitative estimate of drug-likeness (QED) is 0.421. The normalized spacial score (nSPS) is 11.6. The molecule has 0 aromatic rings. The van der Waals surface area contributed by atoms with Crippen LogP contribution in [0.5, 0.6) is 0 Å². The maximum Gasteiger partial charge on any atom is 1.00 e. The van der Waals surface area contributed by atoms with E-state index in [1.54, 1.807) is 0 Å². The van der Waals surface area contributed by atoms with Gasteiger partial charge in [-0.15, -0.1) is 0 Å². The SMILES string of the molecule is CCCCCCC(CCCCC(=O)O)C(=O)O.[H-].[Na+]. The van der Waals surface area contributed by atoms with Gasteiger partial charge in [0.25, 0.3) is 0 Å². The maximum atomic E-state index is 11.0. The number of hydrogen-bond donors (Lipinski definition) is 2. The molecular weight excluding hydrogens is 243 g/mol. The van der Waals surface area contributed by atoms with E-state index in [4.69, 9.17) is 10.2 Å². The number of rotatable bonds is 11. The summed E-state index contributed by atoms with van der Waals surface area (Å²) in [7, 11) is 0. The summed E-state index contributed by atoms with van der Waals surface area (Å²) >= 11 is 0. The van der Waals surface area contributed by atoms with Crippen LogP contribution in [0.2, 0.25) is 0 Å². The van der Waals surface area contributed by atoms with E-state index in [-0.39, 0.29) is 43.3 Å². The van der Waals surface area contributed by atoms with E-state index in [1.807, 2.05) is 0 Å². The average molecular weight is 268 g/mol. The second-order valence-corrected chi connectivity index (χ2v) is 4.52. The predicted octanol–water partition coefficient (Wildman–Crippen LogP) is 0.419. The first-order chi connectivity index (χ1) is 8.07. The molecule has 0 radical (unpaired) electrons. The van der Waals surface area contributed by atoms with Gasteiger partial charge in [-0.1, -0.05) is 39.0 Å². The monoisotopic (exact) mass is 268 g/mol. The molecule has 0 aliphatic carbocycles. The van der Waals surface area contributed by atoms with Crippen LogP contribution < -0.4 is 29.6 Å². The van der Waals surface area contributed by atoms with Crippen molar-refractivity contribution in [1.29, 1.82) is 0 Å². The molecule has 0 aromatic heterocycles. The third-order valence-corrected chi connectivity index (χ3v) is 2.95. The summed E-state index contributed by atoms with van der Waals surface area (Å²) in [5.41, 5.74) is 0. The van der Waals surface area contributed by atoms with Gasteiger partial charge in [0.15, 0.2) is 0 Å². The third kappa shape index (κ3) is 12.4. The Kier molecular flexibility index (Phi) is 15.1. The van der Waals surface area contributed by atoms with Crippen LogP contribution in [0, 0.1) is 5.92 Å². The van der Waals surface area contributed by atoms with Crippen LogP contribution in [0.4, 0.5) is 0 Å². The number of carboxylic acid groups (broad SMARTS) is 2. The number of carboxylic acids is 2. The molecule has 0 aliphatic heterocycles. The molecule has 4 nitrogen and oxygen atoms in total. The van der Waals surface area contributed by atoms with Crippen molar-refractivity contribution in [2.75, 3.05) is 0 Å². The molecule has 0 bridgehead atoms. The summed E-state index contributed by atoms with van der Waals surface area (Å²) in [6.07, 6.45) is 7.10. The van der Waals surface area contributed by atoms with Crippen LogP contribution in [0.1, 0.15) is 66.1 Å². The van der Waals surface area contributed by atoms with Gasteiger partial charge in [0.05, 0.1) is 5.92 Å². The molecule has 0 fully saturated rings. The first-order valence-corrected chi connectivity index (χ1v) is 6.52. The van der Waals surface area contributed by atoms with Crippen molar-refractivity contribution in [2.24, 2.45) is 5.92 Å². The number of unbranched alkanes of at least 4 members (excludes halogenated alkanes) is 4. The average Bonchev–Trinajstić information content (AvgIpc) is 2.26. The first kappa shape index (κ1) is 20.3. The molecule has 0 heterocycles. The second-order valence-electron chi connectivity index (χ2n) is 4.52. The van der Waals surface area contributed by atoms with Gasteiger partial charge in [-0.2, -0.15) is 0 Å². The van der Waals surface area contributed by atoms with Gasteiger partial charge in [0, 0.05) is 6.42 Å². The Bertz CT molecular complexity index is 237. The molecule has 5 heteroatoms. The van der Waals surface area contributed by atoms with Crippen molar-refractivity contribution in [1.82, 2.24) is 0 Å². The van der Waals surface area contributed by atoms with Crippen LogP contribution in [0.3, 0.4) is 0 Å². The van der Waals surface area contributed by atoms with Crippen LogP contribution in [0.25, 0.3) is 0 Å². The van der Waals surface area contributed by atoms with E-state index in [0.29, 0.717) is 19.3 Å². The fraction of sp³-hybridized carbons (Fsp3) is 0.846. The van der Waals surface area contributed by atoms with Crippen molar-refractivity contribution in [2.45, 2.75) is 64.7 Å². The molecule has 0 amide bonds. The summed E-state index contributed by atoms with van der Waals surface area (Å²) in [5, 5.41) is 17.5. The Balaban J connectivity index is -0.00000128. The summed E-state index contributed by atoms with van der Waals surface area (Å²) in [5.74, 6) is -1.84. The molecule has 0 aliphatic rings. The van der Waals surface area contributed by atoms with E-state index in [0.717, 1.165) is 32.1 Å². The van der Waals surface area contributed by atoms with Gasteiger partial charge in [-0.3, -0.25) is 9.59 Å². The topological polar surface area (TPSA) is 74.6 Å². The van der Waals surface area contributed by atoms with E-state index in [2.05, 4.69) is 6.92 Å². The smallest absolute Gasteiger partial charge is 1.00 e. The second kappa shape index (κ2) is 13.4. The minimum Gasteiger partial charge on any atom is -1.00 e. The molecule has 18 heavy (non-hydrogen) atoms. The summed E-state index contributed by atoms with van der Waals surface area (Å²) < 4.78 is 0. The largest absolute Gasteiger partial charge is 1.00 e. The van der Waals surface area contributed by atoms with E-state index >= 15 is 0 Å². The molecule has 2 N–H and O–H groups in total. The zero-order chi connectivity index (χ0) is 13.1. The number of hydrogen-bond acceptors (Lipinski definition) is 2. The Morgan fingerprint density at radius 1 is 1.00 bits per heavy atom. The number of carbonyl (C=O) groups is 2. The molecular formula is C13H25NaO4. The fourth-order valence-corrected chi connectivity index (χ4v) is 1.88. The molecule has 0 saturated carbocycles. The maximum absolute atomic E-state index is 11.0. The predicted molar refractivity (Wildman–Crippen MR) is 67.1 cm³/mol. The molecule has 1 atom stereocenters. The van der Waals surface area contributed by atoms with Gasteiger partial charge in [-0.25, -0.2) is 0 Å². The molecule has 1 unspecified atom stereocenters. The Hall–Kier alpha value is -0.0600. The Morgan fingerprint density at radius 2 is 1.56 bits per heavy atom. The van der Waals surface area contributed by atoms with E-state index in [9.17, 15) is 9.59 Å². The third-order valence-electron chi connectivity index (χ3n) is 2.95. The van der Waals surface area contributed by atoms with E-state index < -0.39 is 11.9 Å². The van der Waals surface area contributed by atoms with Crippen LogP contribution in [-0.2, 0) is 9.59 Å². The van der Waals surface area contributed by atoms with Gasteiger partial charge < -0.3 is 11.6 Å². The minimum atomic E-state index is -0.806. The van der Waals surface area contributed by atoms with Gasteiger partial charge in [-0.05, 0) is 19.3 Å². The molecule has 102 valence electrons. The molecule has 0 saturated heterocycles. The van der Waals surface area contributed by atoms with Crippen LogP contribution in [-0.4, -0.2) is 22.2 Å². The van der Waals surface area contributed by atoms with Crippen LogP contribution in [0.15, 0.2) is 0 Å². The van der Waals surface area contributed by atoms with Crippen molar-refractivity contribution < 1.29 is 50.8 Å². The van der Waals surface area contributed by atoms with Gasteiger partial charge >= 0.3 is 41.5 Å². The summed E-state index contributed by atoms with van der Waals surface area (Å²) in [6.45, 7) is 2.13. The van der Waals surface area contributed by atoms with Gasteiger partial charge in [0.1, 0.15) is 0 Å². The van der Waals surface area contributed by atoms with Crippen molar-refractivity contribution >= 4 is 11.9 Å². The Morgan fingerprint density at radius 3 is 2.00 bits per heavy atom. The van der Waals surface area contributed by atoms with Crippen molar-refractivity contribution in [3.05, 3.63) is 0 Å². The van der Waals surface area contributed by atoms with E-state index in [1.165, 1.54) is 0 Å². The molecule has 0 aromatic carbocycles. The molecule has 0 spiro atoms. The fourth-order valence-electron chi connectivity index (χ4n) is 1.88. The minimum absolute atomic E-state index is 0. The standard InChI is InChI=1S/C13H24O4.Na.H/c1-2-3-4-5-8-11(13(16)17)9-6-7-10-12(14)15;;/h11H,2-10H2,1H3,(H,14,15)(H,16,17);;/q;+1;-1. The van der Waals surface area contributed by atoms with Crippen LogP contribution >= 0.6 is 0 Å². The Labute approximate surface area is 133 Å². The van der Waals surface area contributed by atoms with Crippen molar-refractivity contribution in [3.63, 3.8) is 0 Å². The zero-order valence-electron chi connectivity index (χ0n) is 12.7. The molecule has 0 rings (SSSR count). The summed E-state index contributed by atoms with van der Waals surface area (Å²) in [6, 6.07) is 0. The van der Waals surface area contributed by atoms with Gasteiger partial charge in [0.2, 0.25) is 0 Å². The first-order valence-electron chi connectivity index (χ1n) is 6.52. The summed E-state index contributed by atoms with van der Waals surface area (Å²) in [4.78, 5) is 21.3. The number of aliphatic carboxylic acids is 2.